The van der Waals surface area contributed by atoms with Gasteiger partial charge in [0.2, 0.25) is 0 Å². The van der Waals surface area contributed by atoms with Crippen LogP contribution < -0.4 is 0 Å². The maximum Gasteiger partial charge on any atom is 0.0994 e. The Morgan fingerprint density at radius 3 is 2.50 bits per heavy atom. The Kier molecular flexibility index (Phi) is 6.19. The lowest BCUT2D eigenvalue weighted by Crippen LogP contribution is -2.41. The summed E-state index contributed by atoms with van der Waals surface area (Å²) in [5, 5.41) is 10.6. The number of benzene rings is 1. The van der Waals surface area contributed by atoms with Crippen molar-refractivity contribution in [3.8, 4) is 0 Å². The summed E-state index contributed by atoms with van der Waals surface area (Å²) in [6.45, 7) is 4.77. The SMILES string of the molecule is CSCCC(C)N(C)CC(C)(O)c1ccccc1. The predicted molar refractivity (Wildman–Crippen MR) is 81.1 cm³/mol. The van der Waals surface area contributed by atoms with Crippen molar-refractivity contribution in [2.45, 2.75) is 31.9 Å². The van der Waals surface area contributed by atoms with Gasteiger partial charge in [0.05, 0.1) is 5.60 Å². The molecular formula is C15H25NOS. The van der Waals surface area contributed by atoms with Gasteiger partial charge in [-0.2, -0.15) is 11.8 Å². The highest BCUT2D eigenvalue weighted by atomic mass is 32.2. The van der Waals surface area contributed by atoms with Crippen molar-refractivity contribution >= 4 is 11.8 Å². The summed E-state index contributed by atoms with van der Waals surface area (Å²) in [7, 11) is 2.09. The average Bonchev–Trinajstić information content (AvgIpc) is 2.36. The van der Waals surface area contributed by atoms with Crippen LogP contribution in [0.2, 0.25) is 0 Å². The predicted octanol–water partition coefficient (Wildman–Crippen LogP) is 2.97. The number of hydrogen-bond donors (Lipinski definition) is 1. The fourth-order valence-electron chi connectivity index (χ4n) is 2.04. The van der Waals surface area contributed by atoms with Gasteiger partial charge in [0.15, 0.2) is 0 Å². The van der Waals surface area contributed by atoms with Crippen LogP contribution in [0.25, 0.3) is 0 Å². The molecule has 0 amide bonds. The van der Waals surface area contributed by atoms with E-state index in [4.69, 9.17) is 0 Å². The molecule has 0 spiro atoms. The minimum Gasteiger partial charge on any atom is -0.384 e. The van der Waals surface area contributed by atoms with Gasteiger partial charge in [-0.1, -0.05) is 30.3 Å². The molecule has 0 aliphatic carbocycles. The molecule has 3 heteroatoms. The number of likely N-dealkylation sites (N-methyl/N-ethyl adjacent to an activating group) is 1. The van der Waals surface area contributed by atoms with Crippen molar-refractivity contribution in [2.75, 3.05) is 25.6 Å². The Morgan fingerprint density at radius 1 is 1.33 bits per heavy atom. The lowest BCUT2D eigenvalue weighted by atomic mass is 9.95. The van der Waals surface area contributed by atoms with Gasteiger partial charge in [-0.05, 0) is 44.9 Å². The molecule has 102 valence electrons. The van der Waals surface area contributed by atoms with Crippen molar-refractivity contribution < 1.29 is 5.11 Å². The molecule has 1 rings (SSSR count). The first-order valence-electron chi connectivity index (χ1n) is 6.44. The van der Waals surface area contributed by atoms with Gasteiger partial charge in [-0.3, -0.25) is 0 Å². The molecule has 2 atom stereocenters. The quantitative estimate of drug-likeness (QED) is 0.821. The molecule has 0 aliphatic heterocycles. The standard InChI is InChI=1S/C15H25NOS/c1-13(10-11-18-4)16(3)12-15(2,17)14-8-6-5-7-9-14/h5-9,13,17H,10-12H2,1-4H3. The summed E-state index contributed by atoms with van der Waals surface area (Å²) < 4.78 is 0. The van der Waals surface area contributed by atoms with E-state index in [-0.39, 0.29) is 0 Å². The van der Waals surface area contributed by atoms with Crippen LogP contribution in [0.15, 0.2) is 30.3 Å². The molecule has 1 aromatic carbocycles. The van der Waals surface area contributed by atoms with Crippen LogP contribution in [0.1, 0.15) is 25.8 Å². The van der Waals surface area contributed by atoms with E-state index in [0.29, 0.717) is 12.6 Å². The van der Waals surface area contributed by atoms with Crippen molar-refractivity contribution in [1.29, 1.82) is 0 Å². The maximum atomic E-state index is 10.6. The molecule has 2 nitrogen and oxygen atoms in total. The summed E-state index contributed by atoms with van der Waals surface area (Å²) >= 11 is 1.87. The summed E-state index contributed by atoms with van der Waals surface area (Å²) in [6, 6.07) is 10.4. The molecule has 2 unspecified atom stereocenters. The number of nitrogens with zero attached hydrogens (tertiary/aromatic N) is 1. The van der Waals surface area contributed by atoms with Crippen LogP contribution in [0.4, 0.5) is 0 Å². The molecule has 0 bridgehead atoms. The van der Waals surface area contributed by atoms with Crippen molar-refractivity contribution in [1.82, 2.24) is 4.90 Å². The lowest BCUT2D eigenvalue weighted by Gasteiger charge is -2.33. The van der Waals surface area contributed by atoms with E-state index in [1.54, 1.807) is 0 Å². The van der Waals surface area contributed by atoms with Crippen molar-refractivity contribution in [3.05, 3.63) is 35.9 Å². The Labute approximate surface area is 115 Å². The summed E-state index contributed by atoms with van der Waals surface area (Å²) in [4.78, 5) is 2.24. The van der Waals surface area contributed by atoms with Crippen LogP contribution in [0.5, 0.6) is 0 Å². The van der Waals surface area contributed by atoms with Crippen molar-refractivity contribution in [2.24, 2.45) is 0 Å². The van der Waals surface area contributed by atoms with Gasteiger partial charge in [0.25, 0.3) is 0 Å². The van der Waals surface area contributed by atoms with E-state index in [1.165, 1.54) is 5.75 Å². The maximum absolute atomic E-state index is 10.6. The Hall–Kier alpha value is -0.510. The molecule has 0 aromatic heterocycles. The third kappa shape index (κ3) is 4.63. The van der Waals surface area contributed by atoms with E-state index in [9.17, 15) is 5.11 Å². The number of thioether (sulfide) groups is 1. The molecule has 0 fully saturated rings. The second-order valence-corrected chi connectivity index (χ2v) is 6.17. The second-order valence-electron chi connectivity index (χ2n) is 5.19. The lowest BCUT2D eigenvalue weighted by molar-refractivity contribution is 0.0132. The molecule has 18 heavy (non-hydrogen) atoms. The van der Waals surface area contributed by atoms with Crippen molar-refractivity contribution in [3.63, 3.8) is 0 Å². The first-order valence-corrected chi connectivity index (χ1v) is 7.84. The topological polar surface area (TPSA) is 23.5 Å². The fourth-order valence-corrected chi connectivity index (χ4v) is 2.62. The largest absolute Gasteiger partial charge is 0.384 e. The highest BCUT2D eigenvalue weighted by Crippen LogP contribution is 2.22. The zero-order valence-corrected chi connectivity index (χ0v) is 12.7. The smallest absolute Gasteiger partial charge is 0.0994 e. The Bertz CT molecular complexity index is 340. The average molecular weight is 267 g/mol. The van der Waals surface area contributed by atoms with Gasteiger partial charge >= 0.3 is 0 Å². The molecule has 0 saturated heterocycles. The fraction of sp³-hybridized carbons (Fsp3) is 0.600. The Morgan fingerprint density at radius 2 is 1.94 bits per heavy atom. The molecule has 1 aromatic rings. The van der Waals surface area contributed by atoms with E-state index in [2.05, 4.69) is 25.1 Å². The van der Waals surface area contributed by atoms with E-state index in [0.717, 1.165) is 12.0 Å². The van der Waals surface area contributed by atoms with Gasteiger partial charge in [-0.15, -0.1) is 0 Å². The number of hydrogen-bond acceptors (Lipinski definition) is 3. The third-order valence-electron chi connectivity index (χ3n) is 3.45. The molecule has 0 heterocycles. The minimum absolute atomic E-state index is 0.493. The van der Waals surface area contributed by atoms with Gasteiger partial charge in [0.1, 0.15) is 0 Å². The van der Waals surface area contributed by atoms with Gasteiger partial charge in [-0.25, -0.2) is 0 Å². The van der Waals surface area contributed by atoms with Crippen LogP contribution in [0.3, 0.4) is 0 Å². The molecule has 0 aliphatic rings. The zero-order chi connectivity index (χ0) is 13.6. The highest BCUT2D eigenvalue weighted by Gasteiger charge is 2.26. The van der Waals surface area contributed by atoms with Gasteiger partial charge in [0, 0.05) is 12.6 Å². The first kappa shape index (κ1) is 15.5. The van der Waals surface area contributed by atoms with E-state index >= 15 is 0 Å². The van der Waals surface area contributed by atoms with E-state index in [1.807, 2.05) is 49.0 Å². The number of aliphatic hydroxyl groups is 1. The minimum atomic E-state index is -0.788. The second kappa shape index (κ2) is 7.17. The van der Waals surface area contributed by atoms with E-state index < -0.39 is 5.60 Å². The molecule has 0 radical (unpaired) electrons. The van der Waals surface area contributed by atoms with Gasteiger partial charge < -0.3 is 10.0 Å². The zero-order valence-electron chi connectivity index (χ0n) is 11.9. The summed E-state index contributed by atoms with van der Waals surface area (Å²) in [6.07, 6.45) is 3.29. The summed E-state index contributed by atoms with van der Waals surface area (Å²) in [5.41, 5.74) is 0.192. The van der Waals surface area contributed by atoms with Crippen LogP contribution in [0, 0.1) is 0 Å². The monoisotopic (exact) mass is 267 g/mol. The molecule has 1 N–H and O–H groups in total. The third-order valence-corrected chi connectivity index (χ3v) is 4.09. The van der Waals surface area contributed by atoms with Crippen LogP contribution in [-0.2, 0) is 5.60 Å². The Balaban J connectivity index is 2.60. The highest BCUT2D eigenvalue weighted by molar-refractivity contribution is 7.98. The summed E-state index contributed by atoms with van der Waals surface area (Å²) in [5.74, 6) is 1.17. The van der Waals surface area contributed by atoms with Crippen LogP contribution >= 0.6 is 11.8 Å². The first-order chi connectivity index (χ1) is 8.47. The van der Waals surface area contributed by atoms with Crippen LogP contribution in [-0.4, -0.2) is 41.6 Å². The molecular weight excluding hydrogens is 242 g/mol. The number of rotatable bonds is 7. The molecule has 0 saturated carbocycles. The normalized spacial score (nSPS) is 16.6.